The topological polar surface area (TPSA) is 72.0 Å². The third-order valence-electron chi connectivity index (χ3n) is 7.94. The molecule has 0 radical (unpaired) electrons. The van der Waals surface area contributed by atoms with Crippen LogP contribution >= 0.6 is 11.8 Å². The average Bonchev–Trinajstić information content (AvgIpc) is 3.61. The Hall–Kier alpha value is -4.21. The molecule has 3 aromatic carbocycles. The van der Waals surface area contributed by atoms with Crippen LogP contribution in [-0.2, 0) is 6.54 Å². The minimum Gasteiger partial charge on any atom is -0.459 e. The summed E-state index contributed by atoms with van der Waals surface area (Å²) >= 11 is 1.85. The van der Waals surface area contributed by atoms with Crippen LogP contribution in [0.15, 0.2) is 89.7 Å². The van der Waals surface area contributed by atoms with Crippen molar-refractivity contribution in [3.8, 4) is 11.3 Å². The van der Waals surface area contributed by atoms with Gasteiger partial charge >= 0.3 is 0 Å². The van der Waals surface area contributed by atoms with E-state index in [1.807, 2.05) is 53.0 Å². The van der Waals surface area contributed by atoms with E-state index in [9.17, 15) is 4.39 Å². The van der Waals surface area contributed by atoms with E-state index in [0.29, 0.717) is 18.4 Å². The van der Waals surface area contributed by atoms with E-state index in [-0.39, 0.29) is 11.9 Å². The van der Waals surface area contributed by atoms with Crippen LogP contribution in [-0.4, -0.2) is 49.7 Å². The van der Waals surface area contributed by atoms with Crippen LogP contribution in [0.4, 0.5) is 15.9 Å². The Kier molecular flexibility index (Phi) is 7.13. The molecule has 3 aromatic heterocycles. The highest BCUT2D eigenvalue weighted by molar-refractivity contribution is 7.98. The Morgan fingerprint density at radius 3 is 2.81 bits per heavy atom. The molecule has 1 saturated carbocycles. The predicted molar refractivity (Wildman–Crippen MR) is 168 cm³/mol. The summed E-state index contributed by atoms with van der Waals surface area (Å²) in [5.74, 6) is 3.30. The SMILES string of the molecule is CSC[C@H](c1ccc(-c2ccc3ncnc(Nc4ccc5c(cnn5Cc5cccc(F)c5)c4)c3c2)o1)N(C)C1CC1. The zero-order chi connectivity index (χ0) is 28.6. The van der Waals surface area contributed by atoms with Gasteiger partial charge < -0.3 is 9.73 Å². The molecule has 1 fully saturated rings. The number of thioether (sulfide) groups is 1. The minimum absolute atomic E-state index is 0.246. The van der Waals surface area contributed by atoms with Gasteiger partial charge in [0.15, 0.2) is 0 Å². The Labute approximate surface area is 247 Å². The molecule has 0 bridgehead atoms. The normalized spacial score (nSPS) is 14.2. The average molecular weight is 579 g/mol. The van der Waals surface area contributed by atoms with Crippen LogP contribution in [0.3, 0.4) is 0 Å². The maximum absolute atomic E-state index is 13.7. The van der Waals surface area contributed by atoms with Crippen molar-refractivity contribution < 1.29 is 8.81 Å². The van der Waals surface area contributed by atoms with Crippen LogP contribution in [0.5, 0.6) is 0 Å². The molecule has 1 aliphatic rings. The van der Waals surface area contributed by atoms with Gasteiger partial charge in [-0.3, -0.25) is 9.58 Å². The molecule has 0 unspecified atom stereocenters. The molecule has 7 nitrogen and oxygen atoms in total. The maximum atomic E-state index is 13.7. The molecule has 1 aliphatic carbocycles. The van der Waals surface area contributed by atoms with Gasteiger partial charge in [-0.1, -0.05) is 12.1 Å². The summed E-state index contributed by atoms with van der Waals surface area (Å²) in [5.41, 5.74) is 4.56. The maximum Gasteiger partial charge on any atom is 0.141 e. The third-order valence-corrected chi connectivity index (χ3v) is 8.59. The molecule has 0 spiro atoms. The fourth-order valence-corrected chi connectivity index (χ4v) is 6.24. The highest BCUT2D eigenvalue weighted by Crippen LogP contribution is 2.37. The second kappa shape index (κ2) is 11.2. The molecule has 0 amide bonds. The molecule has 9 heteroatoms. The summed E-state index contributed by atoms with van der Waals surface area (Å²) in [5, 5.41) is 9.91. The summed E-state index contributed by atoms with van der Waals surface area (Å²) in [6.45, 7) is 0.497. The van der Waals surface area contributed by atoms with Gasteiger partial charge in [0.1, 0.15) is 29.5 Å². The zero-order valence-corrected chi connectivity index (χ0v) is 24.3. The van der Waals surface area contributed by atoms with E-state index >= 15 is 0 Å². The Balaban J connectivity index is 1.15. The lowest BCUT2D eigenvalue weighted by Gasteiger charge is -2.25. The first-order valence-electron chi connectivity index (χ1n) is 14.1. The summed E-state index contributed by atoms with van der Waals surface area (Å²) in [7, 11) is 2.21. The summed E-state index contributed by atoms with van der Waals surface area (Å²) in [6, 6.07) is 23.9. The first-order valence-corrected chi connectivity index (χ1v) is 15.5. The molecule has 42 heavy (non-hydrogen) atoms. The third kappa shape index (κ3) is 5.37. The summed E-state index contributed by atoms with van der Waals surface area (Å²) < 4.78 is 22.0. The van der Waals surface area contributed by atoms with E-state index in [4.69, 9.17) is 4.42 Å². The quantitative estimate of drug-likeness (QED) is 0.179. The van der Waals surface area contributed by atoms with Crippen LogP contribution in [0.2, 0.25) is 0 Å². The van der Waals surface area contributed by atoms with Crippen molar-refractivity contribution in [2.24, 2.45) is 0 Å². The Morgan fingerprint density at radius 1 is 1.07 bits per heavy atom. The number of rotatable bonds is 10. The highest BCUT2D eigenvalue weighted by Gasteiger charge is 2.33. The number of hydrogen-bond donors (Lipinski definition) is 1. The summed E-state index contributed by atoms with van der Waals surface area (Å²) in [4.78, 5) is 11.5. The lowest BCUT2D eigenvalue weighted by molar-refractivity contribution is 0.227. The van der Waals surface area contributed by atoms with Crippen molar-refractivity contribution in [2.75, 3.05) is 24.4 Å². The largest absolute Gasteiger partial charge is 0.459 e. The first kappa shape index (κ1) is 26.7. The van der Waals surface area contributed by atoms with Gasteiger partial charge in [0.25, 0.3) is 0 Å². The fraction of sp³-hybridized carbons (Fsp3) is 0.242. The van der Waals surface area contributed by atoms with Crippen molar-refractivity contribution in [3.63, 3.8) is 0 Å². The van der Waals surface area contributed by atoms with Gasteiger partial charge in [-0.15, -0.1) is 0 Å². The number of aromatic nitrogens is 4. The highest BCUT2D eigenvalue weighted by atomic mass is 32.2. The van der Waals surface area contributed by atoms with Crippen LogP contribution < -0.4 is 5.32 Å². The van der Waals surface area contributed by atoms with Crippen molar-refractivity contribution in [2.45, 2.75) is 31.5 Å². The Bertz CT molecular complexity index is 1880. The van der Waals surface area contributed by atoms with E-state index in [0.717, 1.165) is 55.9 Å². The lowest BCUT2D eigenvalue weighted by Crippen LogP contribution is -2.28. The molecular weight excluding hydrogens is 547 g/mol. The molecule has 0 saturated heterocycles. The number of nitrogens with zero attached hydrogens (tertiary/aromatic N) is 5. The van der Waals surface area contributed by atoms with E-state index < -0.39 is 0 Å². The van der Waals surface area contributed by atoms with Crippen LogP contribution in [0.1, 0.15) is 30.2 Å². The van der Waals surface area contributed by atoms with Gasteiger partial charge in [0, 0.05) is 33.8 Å². The number of fused-ring (bicyclic) bond motifs is 2. The molecule has 6 aromatic rings. The number of benzene rings is 3. The van der Waals surface area contributed by atoms with Gasteiger partial charge in [-0.05, 0) is 92.4 Å². The minimum atomic E-state index is -0.246. The number of nitrogens with one attached hydrogen (secondary N) is 1. The molecule has 7 rings (SSSR count). The molecule has 1 atom stereocenters. The van der Waals surface area contributed by atoms with Crippen LogP contribution in [0.25, 0.3) is 33.1 Å². The van der Waals surface area contributed by atoms with E-state index in [2.05, 4.69) is 62.9 Å². The lowest BCUT2D eigenvalue weighted by atomic mass is 10.1. The monoisotopic (exact) mass is 578 g/mol. The number of hydrogen-bond acceptors (Lipinski definition) is 7. The van der Waals surface area contributed by atoms with Gasteiger partial charge in [-0.25, -0.2) is 14.4 Å². The molecule has 3 heterocycles. The number of furan rings is 1. The van der Waals surface area contributed by atoms with Crippen molar-refractivity contribution in [3.05, 3.63) is 102 Å². The van der Waals surface area contributed by atoms with Crippen LogP contribution in [0, 0.1) is 5.82 Å². The smallest absolute Gasteiger partial charge is 0.141 e. The van der Waals surface area contributed by atoms with Gasteiger partial charge in [0.2, 0.25) is 0 Å². The molecule has 1 N–H and O–H groups in total. The second-order valence-electron chi connectivity index (χ2n) is 10.9. The Morgan fingerprint density at radius 2 is 1.98 bits per heavy atom. The van der Waals surface area contributed by atoms with Gasteiger partial charge in [-0.2, -0.15) is 16.9 Å². The molecular formula is C33H31FN6OS. The van der Waals surface area contributed by atoms with Crippen molar-refractivity contribution >= 4 is 45.1 Å². The first-order chi connectivity index (χ1) is 20.6. The summed E-state index contributed by atoms with van der Waals surface area (Å²) in [6.07, 6.45) is 8.08. The second-order valence-corrected chi connectivity index (χ2v) is 11.8. The van der Waals surface area contributed by atoms with E-state index in [1.165, 1.54) is 25.0 Å². The fourth-order valence-electron chi connectivity index (χ4n) is 5.53. The van der Waals surface area contributed by atoms with Gasteiger partial charge in [0.05, 0.1) is 29.8 Å². The standard InChI is InChI=1S/C33H31FN6OS/c1-39(26-8-9-26)30(19-42-2)32-13-12-31(41-32)22-6-10-28-27(16-22)33(36-20-35-28)38-25-7-11-29-23(15-25)17-37-40(29)18-21-4-3-5-24(34)14-21/h3-7,10-17,20,26,30H,8-9,18-19H2,1-2H3,(H,35,36,38)/t30-/m1/s1. The van der Waals surface area contributed by atoms with E-state index in [1.54, 1.807) is 12.4 Å². The molecule has 0 aliphatic heterocycles. The van der Waals surface area contributed by atoms with Crippen molar-refractivity contribution in [1.82, 2.24) is 24.6 Å². The van der Waals surface area contributed by atoms with Crippen molar-refractivity contribution in [1.29, 1.82) is 0 Å². The number of halogens is 1. The zero-order valence-electron chi connectivity index (χ0n) is 23.5. The molecule has 212 valence electrons. The predicted octanol–water partition coefficient (Wildman–Crippen LogP) is 7.67. The number of anilines is 2.